The molecule has 16 heavy (non-hydrogen) atoms. The van der Waals surface area contributed by atoms with Crippen LogP contribution in [0.25, 0.3) is 0 Å². The Kier molecular flexibility index (Phi) is 6.93. The second kappa shape index (κ2) is 7.08. The molecule has 0 amide bonds. The maximum absolute atomic E-state index is 5.76. The van der Waals surface area contributed by atoms with Crippen LogP contribution in [-0.2, 0) is 4.74 Å². The minimum Gasteiger partial charge on any atom is -0.376 e. The number of hydrogen-bond donors (Lipinski definition) is 1. The van der Waals surface area contributed by atoms with E-state index in [1.54, 1.807) is 0 Å². The molecule has 0 heterocycles. The van der Waals surface area contributed by atoms with Crippen molar-refractivity contribution in [2.75, 3.05) is 19.7 Å². The highest BCUT2D eigenvalue weighted by atomic mass is 16.5. The van der Waals surface area contributed by atoms with Crippen LogP contribution in [0.4, 0.5) is 0 Å². The van der Waals surface area contributed by atoms with E-state index in [2.05, 4.69) is 46.5 Å². The molecular weight excluding hydrogens is 198 g/mol. The maximum atomic E-state index is 5.76. The second-order valence-corrected chi connectivity index (χ2v) is 5.75. The van der Waals surface area contributed by atoms with Crippen LogP contribution in [0, 0.1) is 5.41 Å². The van der Waals surface area contributed by atoms with E-state index in [1.165, 1.54) is 6.42 Å². The van der Waals surface area contributed by atoms with E-state index in [4.69, 9.17) is 4.74 Å². The van der Waals surface area contributed by atoms with Crippen molar-refractivity contribution in [1.82, 2.24) is 5.32 Å². The lowest BCUT2D eigenvalue weighted by Crippen LogP contribution is -2.32. The van der Waals surface area contributed by atoms with E-state index in [-0.39, 0.29) is 11.0 Å². The zero-order valence-electron chi connectivity index (χ0n) is 11.7. The summed E-state index contributed by atoms with van der Waals surface area (Å²) in [6.45, 7) is 17.5. The van der Waals surface area contributed by atoms with Crippen LogP contribution in [0.5, 0.6) is 0 Å². The monoisotopic (exact) mass is 227 g/mol. The fourth-order valence-electron chi connectivity index (χ4n) is 1.40. The standard InChI is InChI=1S/C14H29NO/c1-7-10-15-12-14(6,8-2)9-11-16-13(3,4)5/h8,15H,2,7,9-12H2,1,3-6H3. The van der Waals surface area contributed by atoms with Crippen LogP contribution in [0.3, 0.4) is 0 Å². The van der Waals surface area contributed by atoms with Gasteiger partial charge in [0.1, 0.15) is 0 Å². The molecule has 0 aromatic heterocycles. The Morgan fingerprint density at radius 3 is 2.31 bits per heavy atom. The van der Waals surface area contributed by atoms with Gasteiger partial charge in [0.2, 0.25) is 0 Å². The van der Waals surface area contributed by atoms with E-state index in [0.29, 0.717) is 0 Å². The average Bonchev–Trinajstić information content (AvgIpc) is 2.16. The summed E-state index contributed by atoms with van der Waals surface area (Å²) in [5, 5.41) is 3.45. The van der Waals surface area contributed by atoms with Gasteiger partial charge in [-0.15, -0.1) is 6.58 Å². The molecule has 0 aromatic carbocycles. The Bertz CT molecular complexity index is 195. The Morgan fingerprint density at radius 2 is 1.88 bits per heavy atom. The summed E-state index contributed by atoms with van der Waals surface area (Å²) >= 11 is 0. The van der Waals surface area contributed by atoms with Gasteiger partial charge in [-0.1, -0.05) is 19.9 Å². The minimum absolute atomic E-state index is 0.0427. The summed E-state index contributed by atoms with van der Waals surface area (Å²) in [4.78, 5) is 0. The molecule has 96 valence electrons. The van der Waals surface area contributed by atoms with E-state index in [0.717, 1.165) is 26.1 Å². The zero-order valence-corrected chi connectivity index (χ0v) is 11.7. The third-order valence-corrected chi connectivity index (χ3v) is 2.66. The first-order valence-electron chi connectivity index (χ1n) is 6.31. The first-order chi connectivity index (χ1) is 7.33. The van der Waals surface area contributed by atoms with Crippen LogP contribution < -0.4 is 5.32 Å². The summed E-state index contributed by atoms with van der Waals surface area (Å²) in [5.41, 5.74) is 0.0966. The molecular formula is C14H29NO. The Morgan fingerprint density at radius 1 is 1.25 bits per heavy atom. The largest absolute Gasteiger partial charge is 0.376 e. The van der Waals surface area contributed by atoms with Gasteiger partial charge in [0.05, 0.1) is 5.60 Å². The molecule has 1 unspecified atom stereocenters. The van der Waals surface area contributed by atoms with Gasteiger partial charge in [-0.3, -0.25) is 0 Å². The lowest BCUT2D eigenvalue weighted by molar-refractivity contribution is -0.0130. The van der Waals surface area contributed by atoms with Crippen molar-refractivity contribution >= 4 is 0 Å². The van der Waals surface area contributed by atoms with Gasteiger partial charge in [0, 0.05) is 13.2 Å². The number of ether oxygens (including phenoxy) is 1. The lowest BCUT2D eigenvalue weighted by Gasteiger charge is -2.28. The topological polar surface area (TPSA) is 21.3 Å². The van der Waals surface area contributed by atoms with Crippen LogP contribution in [0.2, 0.25) is 0 Å². The molecule has 0 aromatic rings. The van der Waals surface area contributed by atoms with Crippen molar-refractivity contribution in [3.63, 3.8) is 0 Å². The normalized spacial score (nSPS) is 15.8. The van der Waals surface area contributed by atoms with Crippen molar-refractivity contribution in [3.05, 3.63) is 12.7 Å². The number of rotatable bonds is 8. The lowest BCUT2D eigenvalue weighted by atomic mass is 9.87. The number of nitrogens with one attached hydrogen (secondary N) is 1. The summed E-state index contributed by atoms with van der Waals surface area (Å²) in [7, 11) is 0. The quantitative estimate of drug-likeness (QED) is 0.507. The van der Waals surface area contributed by atoms with E-state index in [1.807, 2.05) is 6.08 Å². The predicted octanol–water partition coefficient (Wildman–Crippen LogP) is 3.38. The molecule has 0 radical (unpaired) electrons. The Hall–Kier alpha value is -0.340. The van der Waals surface area contributed by atoms with E-state index >= 15 is 0 Å². The smallest absolute Gasteiger partial charge is 0.0598 e. The molecule has 0 fully saturated rings. The average molecular weight is 227 g/mol. The van der Waals surface area contributed by atoms with E-state index in [9.17, 15) is 0 Å². The first kappa shape index (κ1) is 15.7. The van der Waals surface area contributed by atoms with Gasteiger partial charge >= 0.3 is 0 Å². The fraction of sp³-hybridized carbons (Fsp3) is 0.857. The van der Waals surface area contributed by atoms with E-state index < -0.39 is 0 Å². The van der Waals surface area contributed by atoms with Crippen molar-refractivity contribution in [2.24, 2.45) is 5.41 Å². The highest BCUT2D eigenvalue weighted by molar-refractivity contribution is 4.93. The third-order valence-electron chi connectivity index (χ3n) is 2.66. The summed E-state index contributed by atoms with van der Waals surface area (Å²) in [5.74, 6) is 0. The van der Waals surface area contributed by atoms with Crippen molar-refractivity contribution in [2.45, 2.75) is 53.1 Å². The van der Waals surface area contributed by atoms with Gasteiger partial charge in [-0.2, -0.15) is 0 Å². The fourth-order valence-corrected chi connectivity index (χ4v) is 1.40. The summed E-state index contributed by atoms with van der Waals surface area (Å²) in [6, 6.07) is 0. The summed E-state index contributed by atoms with van der Waals surface area (Å²) in [6.07, 6.45) is 4.23. The molecule has 2 heteroatoms. The van der Waals surface area contributed by atoms with Gasteiger partial charge < -0.3 is 10.1 Å². The van der Waals surface area contributed by atoms with Gasteiger partial charge in [-0.25, -0.2) is 0 Å². The highest BCUT2D eigenvalue weighted by Crippen LogP contribution is 2.22. The highest BCUT2D eigenvalue weighted by Gasteiger charge is 2.20. The molecule has 2 nitrogen and oxygen atoms in total. The molecule has 0 aliphatic heterocycles. The van der Waals surface area contributed by atoms with Crippen LogP contribution in [0.15, 0.2) is 12.7 Å². The molecule has 0 saturated heterocycles. The Labute approximate surface area is 101 Å². The molecule has 0 aliphatic rings. The third kappa shape index (κ3) is 7.89. The van der Waals surface area contributed by atoms with Gasteiger partial charge in [0.25, 0.3) is 0 Å². The molecule has 0 spiro atoms. The number of hydrogen-bond acceptors (Lipinski definition) is 2. The summed E-state index contributed by atoms with van der Waals surface area (Å²) < 4.78 is 5.76. The maximum Gasteiger partial charge on any atom is 0.0598 e. The van der Waals surface area contributed by atoms with Crippen LogP contribution >= 0.6 is 0 Å². The SMILES string of the molecule is C=CC(C)(CCOC(C)(C)C)CNCCC. The zero-order chi connectivity index (χ0) is 12.7. The van der Waals surface area contributed by atoms with Crippen LogP contribution in [-0.4, -0.2) is 25.3 Å². The van der Waals surface area contributed by atoms with Crippen molar-refractivity contribution < 1.29 is 4.74 Å². The molecule has 1 atom stereocenters. The minimum atomic E-state index is -0.0427. The Balaban J connectivity index is 3.92. The molecule has 1 N–H and O–H groups in total. The molecule has 0 aliphatic carbocycles. The van der Waals surface area contributed by atoms with Crippen molar-refractivity contribution in [1.29, 1.82) is 0 Å². The first-order valence-corrected chi connectivity index (χ1v) is 6.31. The molecule has 0 bridgehead atoms. The van der Waals surface area contributed by atoms with Crippen LogP contribution in [0.1, 0.15) is 47.5 Å². The van der Waals surface area contributed by atoms with Gasteiger partial charge in [0.15, 0.2) is 0 Å². The van der Waals surface area contributed by atoms with Crippen molar-refractivity contribution in [3.8, 4) is 0 Å². The predicted molar refractivity (Wildman–Crippen MR) is 71.8 cm³/mol. The second-order valence-electron chi connectivity index (χ2n) is 5.75. The molecule has 0 rings (SSSR count). The van der Waals surface area contributed by atoms with Gasteiger partial charge in [-0.05, 0) is 45.6 Å². The molecule has 0 saturated carbocycles.